The third-order valence-corrected chi connectivity index (χ3v) is 4.50. The normalized spacial score (nSPS) is 11.8. The van der Waals surface area contributed by atoms with E-state index in [2.05, 4.69) is 0 Å². The van der Waals surface area contributed by atoms with Gasteiger partial charge in [-0.1, -0.05) is 37.6 Å². The molecular formula is C14H20O3S. The van der Waals surface area contributed by atoms with E-state index >= 15 is 0 Å². The number of aryl methyl sites for hydroxylation is 2. The smallest absolute Gasteiger partial charge is 0.178 e. The van der Waals surface area contributed by atoms with Crippen molar-refractivity contribution < 1.29 is 13.2 Å². The van der Waals surface area contributed by atoms with Gasteiger partial charge < -0.3 is 0 Å². The highest BCUT2D eigenvalue weighted by atomic mass is 32.2. The molecule has 0 bridgehead atoms. The van der Waals surface area contributed by atoms with Gasteiger partial charge in [0.05, 0.1) is 5.75 Å². The summed E-state index contributed by atoms with van der Waals surface area (Å²) in [5.41, 5.74) is 2.40. The second-order valence-electron chi connectivity index (χ2n) is 5.19. The molecule has 1 aromatic carbocycles. The lowest BCUT2D eigenvalue weighted by Crippen LogP contribution is -2.22. The van der Waals surface area contributed by atoms with E-state index in [1.54, 1.807) is 6.07 Å². The first-order valence-electron chi connectivity index (χ1n) is 6.02. The molecule has 0 atom stereocenters. The lowest BCUT2D eigenvalue weighted by molar-refractivity contribution is 0.102. The standard InChI is InChI=1S/C14H20O3S/c1-10(2)8-18(16,17)9-14(15)13-6-5-11(3)7-12(13)4/h5-7,10H,8-9H2,1-4H3. The molecule has 0 aromatic heterocycles. The molecule has 1 rings (SSSR count). The van der Waals surface area contributed by atoms with Crippen molar-refractivity contribution in [2.45, 2.75) is 27.7 Å². The van der Waals surface area contributed by atoms with E-state index in [1.807, 2.05) is 39.8 Å². The van der Waals surface area contributed by atoms with Crippen LogP contribution in [0.15, 0.2) is 18.2 Å². The third kappa shape index (κ3) is 4.26. The molecule has 1 aromatic rings. The summed E-state index contributed by atoms with van der Waals surface area (Å²) in [4.78, 5) is 12.0. The van der Waals surface area contributed by atoms with Gasteiger partial charge in [-0.05, 0) is 25.3 Å². The number of carbonyl (C=O) groups is 1. The molecule has 0 aliphatic rings. The maximum Gasteiger partial charge on any atom is 0.178 e. The van der Waals surface area contributed by atoms with Crippen LogP contribution in [0, 0.1) is 19.8 Å². The van der Waals surface area contributed by atoms with Crippen molar-refractivity contribution in [3.8, 4) is 0 Å². The van der Waals surface area contributed by atoms with Gasteiger partial charge in [0.2, 0.25) is 0 Å². The Hall–Kier alpha value is -1.16. The highest BCUT2D eigenvalue weighted by molar-refractivity contribution is 7.92. The Kier molecular flexibility index (Phi) is 4.68. The Balaban J connectivity index is 2.89. The van der Waals surface area contributed by atoms with Gasteiger partial charge in [-0.2, -0.15) is 0 Å². The average Bonchev–Trinajstić information content (AvgIpc) is 2.13. The van der Waals surface area contributed by atoms with Gasteiger partial charge in [0.25, 0.3) is 0 Å². The van der Waals surface area contributed by atoms with Crippen molar-refractivity contribution in [2.24, 2.45) is 5.92 Å². The summed E-state index contributed by atoms with van der Waals surface area (Å²) >= 11 is 0. The number of hydrogen-bond acceptors (Lipinski definition) is 3. The molecule has 0 saturated carbocycles. The van der Waals surface area contributed by atoms with Crippen LogP contribution in [0.25, 0.3) is 0 Å². The summed E-state index contributed by atoms with van der Waals surface area (Å²) < 4.78 is 23.6. The van der Waals surface area contributed by atoms with Crippen molar-refractivity contribution in [3.63, 3.8) is 0 Å². The Labute approximate surface area is 109 Å². The molecule has 0 aliphatic carbocycles. The van der Waals surface area contributed by atoms with Crippen LogP contribution in [0.4, 0.5) is 0 Å². The van der Waals surface area contributed by atoms with Crippen LogP contribution in [0.1, 0.15) is 35.3 Å². The zero-order valence-electron chi connectivity index (χ0n) is 11.4. The molecule has 18 heavy (non-hydrogen) atoms. The van der Waals surface area contributed by atoms with Crippen LogP contribution in [0.3, 0.4) is 0 Å². The second-order valence-corrected chi connectivity index (χ2v) is 7.30. The molecule has 3 nitrogen and oxygen atoms in total. The molecule has 0 saturated heterocycles. The maximum atomic E-state index is 12.0. The van der Waals surface area contributed by atoms with Crippen LogP contribution >= 0.6 is 0 Å². The minimum Gasteiger partial charge on any atom is -0.293 e. The van der Waals surface area contributed by atoms with Crippen LogP contribution in [0.5, 0.6) is 0 Å². The van der Waals surface area contributed by atoms with E-state index < -0.39 is 15.6 Å². The fourth-order valence-corrected chi connectivity index (χ4v) is 3.66. The molecule has 0 aliphatic heterocycles. The van der Waals surface area contributed by atoms with Gasteiger partial charge >= 0.3 is 0 Å². The SMILES string of the molecule is Cc1ccc(C(=O)CS(=O)(=O)CC(C)C)c(C)c1. The molecular weight excluding hydrogens is 248 g/mol. The summed E-state index contributed by atoms with van der Waals surface area (Å²) in [6.45, 7) is 7.43. The zero-order valence-corrected chi connectivity index (χ0v) is 12.2. The summed E-state index contributed by atoms with van der Waals surface area (Å²) in [6.07, 6.45) is 0. The Bertz CT molecular complexity index is 542. The van der Waals surface area contributed by atoms with Crippen LogP contribution in [-0.2, 0) is 9.84 Å². The number of hydrogen-bond donors (Lipinski definition) is 0. The largest absolute Gasteiger partial charge is 0.293 e. The highest BCUT2D eigenvalue weighted by Gasteiger charge is 2.20. The van der Waals surface area contributed by atoms with E-state index in [4.69, 9.17) is 0 Å². The number of carbonyl (C=O) groups excluding carboxylic acids is 1. The number of Topliss-reactive ketones (excluding diaryl/α,β-unsaturated/α-hetero) is 1. The average molecular weight is 268 g/mol. The minimum atomic E-state index is -3.30. The number of rotatable bonds is 5. The topological polar surface area (TPSA) is 51.2 Å². The minimum absolute atomic E-state index is 0.0434. The fourth-order valence-electron chi connectivity index (χ4n) is 1.97. The summed E-state index contributed by atoms with van der Waals surface area (Å²) in [6, 6.07) is 5.43. The Morgan fingerprint density at radius 2 is 1.83 bits per heavy atom. The van der Waals surface area contributed by atoms with E-state index in [-0.39, 0.29) is 17.5 Å². The Morgan fingerprint density at radius 3 is 2.33 bits per heavy atom. The Morgan fingerprint density at radius 1 is 1.22 bits per heavy atom. The first kappa shape index (κ1) is 14.9. The predicted octanol–water partition coefficient (Wildman–Crippen LogP) is 2.56. The van der Waals surface area contributed by atoms with Gasteiger partial charge in [0, 0.05) is 5.56 Å². The van der Waals surface area contributed by atoms with Gasteiger partial charge in [-0.3, -0.25) is 4.79 Å². The first-order valence-corrected chi connectivity index (χ1v) is 7.84. The van der Waals surface area contributed by atoms with E-state index in [0.29, 0.717) is 5.56 Å². The molecule has 0 amide bonds. The van der Waals surface area contributed by atoms with Crippen molar-refractivity contribution in [3.05, 3.63) is 34.9 Å². The molecule has 0 unspecified atom stereocenters. The number of ketones is 1. The number of sulfone groups is 1. The van der Waals surface area contributed by atoms with Crippen LogP contribution < -0.4 is 0 Å². The molecule has 0 spiro atoms. The predicted molar refractivity (Wildman–Crippen MR) is 73.7 cm³/mol. The van der Waals surface area contributed by atoms with Crippen molar-refractivity contribution in [1.29, 1.82) is 0 Å². The highest BCUT2D eigenvalue weighted by Crippen LogP contribution is 2.13. The van der Waals surface area contributed by atoms with E-state index in [9.17, 15) is 13.2 Å². The summed E-state index contributed by atoms with van der Waals surface area (Å²) in [5, 5.41) is 0. The van der Waals surface area contributed by atoms with E-state index in [0.717, 1.165) is 11.1 Å². The maximum absolute atomic E-state index is 12.0. The monoisotopic (exact) mass is 268 g/mol. The molecule has 0 fully saturated rings. The second kappa shape index (κ2) is 5.65. The van der Waals surface area contributed by atoms with E-state index in [1.165, 1.54) is 0 Å². The van der Waals surface area contributed by atoms with Gasteiger partial charge in [0.15, 0.2) is 15.6 Å². The lowest BCUT2D eigenvalue weighted by Gasteiger charge is -2.08. The molecule has 100 valence electrons. The van der Waals surface area contributed by atoms with Crippen LogP contribution in [0.2, 0.25) is 0 Å². The quantitative estimate of drug-likeness (QED) is 0.771. The fraction of sp³-hybridized carbons (Fsp3) is 0.500. The van der Waals surface area contributed by atoms with Crippen LogP contribution in [-0.4, -0.2) is 25.7 Å². The van der Waals surface area contributed by atoms with Gasteiger partial charge in [0.1, 0.15) is 5.75 Å². The molecule has 0 radical (unpaired) electrons. The van der Waals surface area contributed by atoms with Crippen molar-refractivity contribution in [2.75, 3.05) is 11.5 Å². The molecule has 0 heterocycles. The van der Waals surface area contributed by atoms with Gasteiger partial charge in [-0.25, -0.2) is 8.42 Å². The van der Waals surface area contributed by atoms with Gasteiger partial charge in [-0.15, -0.1) is 0 Å². The number of benzene rings is 1. The summed E-state index contributed by atoms with van der Waals surface area (Å²) in [5.74, 6) is -0.603. The molecule has 0 N–H and O–H groups in total. The van der Waals surface area contributed by atoms with Crippen molar-refractivity contribution >= 4 is 15.6 Å². The first-order chi connectivity index (χ1) is 8.21. The lowest BCUT2D eigenvalue weighted by atomic mass is 10.0. The summed E-state index contributed by atoms with van der Waals surface area (Å²) in [7, 11) is -3.30. The van der Waals surface area contributed by atoms with Crippen molar-refractivity contribution in [1.82, 2.24) is 0 Å². The third-order valence-electron chi connectivity index (χ3n) is 2.62. The molecule has 4 heteroatoms. The zero-order chi connectivity index (χ0) is 13.9.